The van der Waals surface area contributed by atoms with E-state index in [1.54, 1.807) is 17.9 Å². The topological polar surface area (TPSA) is 87.9 Å². The van der Waals surface area contributed by atoms with Crippen LogP contribution in [0.1, 0.15) is 26.0 Å². The lowest BCUT2D eigenvalue weighted by Gasteiger charge is -2.23. The van der Waals surface area contributed by atoms with Gasteiger partial charge in [-0.1, -0.05) is 31.2 Å². The molecule has 4 rings (SSSR count). The van der Waals surface area contributed by atoms with Crippen LogP contribution in [0.4, 0.5) is 5.82 Å². The molecule has 152 valence electrons. The van der Waals surface area contributed by atoms with Crippen molar-refractivity contribution >= 4 is 17.6 Å². The van der Waals surface area contributed by atoms with E-state index in [4.69, 9.17) is 9.26 Å². The van der Waals surface area contributed by atoms with E-state index in [9.17, 15) is 9.59 Å². The number of anilines is 1. The van der Waals surface area contributed by atoms with E-state index in [1.165, 1.54) is 0 Å². The smallest absolute Gasteiger partial charge is 0.235 e. The number of hydrogen-bond donors (Lipinski definition) is 1. The molecule has 1 aromatic heterocycles. The summed E-state index contributed by atoms with van der Waals surface area (Å²) < 4.78 is 11.2. The molecule has 2 saturated heterocycles. The Morgan fingerprint density at radius 1 is 1.43 bits per heavy atom. The molecule has 0 radical (unpaired) electrons. The van der Waals surface area contributed by atoms with Gasteiger partial charge in [-0.05, 0) is 33.0 Å². The highest BCUT2D eigenvalue weighted by Crippen LogP contribution is 2.52. The minimum Gasteiger partial charge on any atom is -0.360 e. The summed E-state index contributed by atoms with van der Waals surface area (Å²) in [5.41, 5.74) is -0.738. The zero-order valence-corrected chi connectivity index (χ0v) is 16.7. The third kappa shape index (κ3) is 3.04. The lowest BCUT2D eigenvalue weighted by atomic mass is 9.77. The zero-order chi connectivity index (χ0) is 19.9. The van der Waals surface area contributed by atoms with Gasteiger partial charge in [0, 0.05) is 12.6 Å². The zero-order valence-electron chi connectivity index (χ0n) is 16.7. The van der Waals surface area contributed by atoms with Crippen molar-refractivity contribution in [3.05, 3.63) is 24.0 Å². The summed E-state index contributed by atoms with van der Waals surface area (Å²) in [6.45, 7) is 9.97. The van der Waals surface area contributed by atoms with Crippen LogP contribution in [0.2, 0.25) is 0 Å². The van der Waals surface area contributed by atoms with Crippen molar-refractivity contribution in [2.75, 3.05) is 37.6 Å². The van der Waals surface area contributed by atoms with E-state index in [0.29, 0.717) is 24.7 Å². The number of hydrogen-bond acceptors (Lipinski definition) is 6. The predicted octanol–water partition coefficient (Wildman–Crippen LogP) is 1.12. The lowest BCUT2D eigenvalue weighted by Crippen LogP contribution is -2.44. The Hall–Kier alpha value is -2.19. The third-order valence-corrected chi connectivity index (χ3v) is 6.14. The van der Waals surface area contributed by atoms with Gasteiger partial charge in [-0.2, -0.15) is 0 Å². The van der Waals surface area contributed by atoms with Gasteiger partial charge in [0.15, 0.2) is 5.82 Å². The van der Waals surface area contributed by atoms with Gasteiger partial charge in [0.2, 0.25) is 11.8 Å². The Bertz CT molecular complexity index is 787. The molecule has 3 aliphatic rings. The number of rotatable bonds is 8. The summed E-state index contributed by atoms with van der Waals surface area (Å²) in [7, 11) is 0. The largest absolute Gasteiger partial charge is 0.360 e. The minimum atomic E-state index is -0.738. The minimum absolute atomic E-state index is 0.104. The molecule has 4 atom stereocenters. The number of ether oxygens (including phenoxy) is 1. The summed E-state index contributed by atoms with van der Waals surface area (Å²) in [6, 6.07) is 1.73. The van der Waals surface area contributed by atoms with Crippen molar-refractivity contribution in [2.24, 2.45) is 11.8 Å². The number of carbonyl (C=O) groups excluding carboxylic acids is 2. The second-order valence-corrected chi connectivity index (χ2v) is 7.79. The lowest BCUT2D eigenvalue weighted by molar-refractivity contribution is -0.131. The Balaban J connectivity index is 1.42. The van der Waals surface area contributed by atoms with Gasteiger partial charge >= 0.3 is 0 Å². The van der Waals surface area contributed by atoms with Crippen molar-refractivity contribution < 1.29 is 18.8 Å². The number of fused-ring (bicyclic) bond motifs is 1. The number of nitrogens with one attached hydrogen (secondary N) is 1. The summed E-state index contributed by atoms with van der Waals surface area (Å²) >= 11 is 0. The second-order valence-electron chi connectivity index (χ2n) is 7.79. The van der Waals surface area contributed by atoms with E-state index in [0.717, 1.165) is 26.1 Å². The molecule has 0 aliphatic carbocycles. The Labute approximate surface area is 164 Å². The van der Waals surface area contributed by atoms with Gasteiger partial charge in [0.05, 0.1) is 24.5 Å². The number of amides is 2. The average Bonchev–Trinajstić information content (AvgIpc) is 3.43. The molecule has 1 N–H and O–H groups in total. The van der Waals surface area contributed by atoms with E-state index in [1.807, 2.05) is 12.2 Å². The quantitative estimate of drug-likeness (QED) is 0.530. The molecule has 3 aliphatic heterocycles. The van der Waals surface area contributed by atoms with Crippen LogP contribution in [-0.4, -0.2) is 66.3 Å². The predicted molar refractivity (Wildman–Crippen MR) is 103 cm³/mol. The number of aromatic nitrogens is 1. The summed E-state index contributed by atoms with van der Waals surface area (Å²) in [6.07, 6.45) is 4.41. The SMILES string of the molecule is CCN(CC)CCCNC(=O)[C@@H]1[C@H]2C(=O)N(c3cc(C)on3)C[C@]23C=C[C@H]1O3. The van der Waals surface area contributed by atoms with Crippen molar-refractivity contribution in [1.82, 2.24) is 15.4 Å². The molecule has 4 heterocycles. The van der Waals surface area contributed by atoms with Crippen LogP contribution in [0, 0.1) is 18.8 Å². The van der Waals surface area contributed by atoms with Gasteiger partial charge in [0.25, 0.3) is 0 Å². The fourth-order valence-electron chi connectivity index (χ4n) is 4.64. The van der Waals surface area contributed by atoms with E-state index in [-0.39, 0.29) is 17.9 Å². The first-order valence-electron chi connectivity index (χ1n) is 10.1. The molecular weight excluding hydrogens is 360 g/mol. The Kier molecular flexibility index (Phi) is 5.01. The van der Waals surface area contributed by atoms with Gasteiger partial charge in [-0.25, -0.2) is 0 Å². The number of nitrogens with zero attached hydrogens (tertiary/aromatic N) is 3. The monoisotopic (exact) mass is 388 g/mol. The highest BCUT2D eigenvalue weighted by atomic mass is 16.5. The van der Waals surface area contributed by atoms with Gasteiger partial charge in [-0.3, -0.25) is 14.5 Å². The van der Waals surface area contributed by atoms with Gasteiger partial charge in [-0.15, -0.1) is 0 Å². The highest BCUT2D eigenvalue weighted by Gasteiger charge is 2.67. The number of carbonyl (C=O) groups is 2. The second kappa shape index (κ2) is 7.33. The summed E-state index contributed by atoms with van der Waals surface area (Å²) in [5, 5.41) is 6.98. The van der Waals surface area contributed by atoms with Crippen LogP contribution in [0.15, 0.2) is 22.7 Å². The Morgan fingerprint density at radius 3 is 2.89 bits per heavy atom. The molecule has 1 spiro atoms. The summed E-state index contributed by atoms with van der Waals surface area (Å²) in [4.78, 5) is 29.9. The van der Waals surface area contributed by atoms with E-state index < -0.39 is 17.4 Å². The van der Waals surface area contributed by atoms with Crippen molar-refractivity contribution in [3.63, 3.8) is 0 Å². The molecular formula is C20H28N4O4. The van der Waals surface area contributed by atoms with Crippen LogP contribution in [-0.2, 0) is 14.3 Å². The maximum atomic E-state index is 13.1. The van der Waals surface area contributed by atoms with Crippen LogP contribution < -0.4 is 10.2 Å². The van der Waals surface area contributed by atoms with Crippen LogP contribution >= 0.6 is 0 Å². The molecule has 0 unspecified atom stereocenters. The Morgan fingerprint density at radius 2 is 2.21 bits per heavy atom. The molecule has 28 heavy (non-hydrogen) atoms. The molecule has 8 nitrogen and oxygen atoms in total. The molecule has 0 aromatic carbocycles. The molecule has 2 amide bonds. The molecule has 8 heteroatoms. The van der Waals surface area contributed by atoms with Gasteiger partial charge < -0.3 is 19.5 Å². The standard InChI is InChI=1S/C20H28N4O4/c1-4-23(5-2)10-6-9-21-18(25)16-14-7-8-20(27-14)12-24(19(26)17(16)20)15-11-13(3)28-22-15/h7-8,11,14,16-17H,4-6,9-10,12H2,1-3H3,(H,21,25)/t14-,16+,17+,20-/m1/s1. The molecule has 0 saturated carbocycles. The van der Waals surface area contributed by atoms with Crippen molar-refractivity contribution in [1.29, 1.82) is 0 Å². The van der Waals surface area contributed by atoms with Crippen molar-refractivity contribution in [3.8, 4) is 0 Å². The fraction of sp³-hybridized carbons (Fsp3) is 0.650. The fourth-order valence-corrected chi connectivity index (χ4v) is 4.64. The molecule has 1 aromatic rings. The van der Waals surface area contributed by atoms with Crippen LogP contribution in [0.5, 0.6) is 0 Å². The highest BCUT2D eigenvalue weighted by molar-refractivity contribution is 6.02. The normalized spacial score (nSPS) is 30.5. The maximum absolute atomic E-state index is 13.1. The first-order valence-corrected chi connectivity index (χ1v) is 10.1. The average molecular weight is 388 g/mol. The molecule has 2 fully saturated rings. The first-order chi connectivity index (χ1) is 13.5. The van der Waals surface area contributed by atoms with Crippen LogP contribution in [0.25, 0.3) is 0 Å². The van der Waals surface area contributed by atoms with Crippen LogP contribution in [0.3, 0.4) is 0 Å². The van der Waals surface area contributed by atoms with Crippen molar-refractivity contribution in [2.45, 2.75) is 38.9 Å². The third-order valence-electron chi connectivity index (χ3n) is 6.14. The van der Waals surface area contributed by atoms with Gasteiger partial charge in [0.1, 0.15) is 11.4 Å². The summed E-state index contributed by atoms with van der Waals surface area (Å²) in [5.74, 6) is -0.118. The van der Waals surface area contributed by atoms with E-state index >= 15 is 0 Å². The number of aryl methyl sites for hydroxylation is 1. The molecule has 2 bridgehead atoms. The van der Waals surface area contributed by atoms with E-state index in [2.05, 4.69) is 29.2 Å². The first kappa shape index (κ1) is 19.1. The maximum Gasteiger partial charge on any atom is 0.235 e.